The Kier molecular flexibility index (Phi) is 3.40. The summed E-state index contributed by atoms with van der Waals surface area (Å²) in [6.45, 7) is 0. The molecule has 1 aromatic carbocycles. The second-order valence-electron chi connectivity index (χ2n) is 4.65. The number of benzene rings is 1. The highest BCUT2D eigenvalue weighted by Gasteiger charge is 2.14. The summed E-state index contributed by atoms with van der Waals surface area (Å²) in [6.07, 6.45) is 3.17. The lowest BCUT2D eigenvalue weighted by molar-refractivity contribution is 0.102. The van der Waals surface area contributed by atoms with Crippen LogP contribution in [0.3, 0.4) is 0 Å². The van der Waals surface area contributed by atoms with Gasteiger partial charge in [0.05, 0.1) is 27.5 Å². The van der Waals surface area contributed by atoms with Crippen LogP contribution in [0, 0.1) is 0 Å². The Bertz CT molecular complexity index is 1010. The van der Waals surface area contributed by atoms with E-state index in [9.17, 15) is 4.79 Å². The molecule has 3 heterocycles. The molecule has 0 atom stereocenters. The van der Waals surface area contributed by atoms with E-state index in [1.54, 1.807) is 31.6 Å². The first-order valence-corrected chi connectivity index (χ1v) is 8.33. The summed E-state index contributed by atoms with van der Waals surface area (Å²) < 4.78 is 7.20. The molecule has 6 nitrogen and oxygen atoms in total. The van der Waals surface area contributed by atoms with E-state index in [4.69, 9.17) is 4.74 Å². The van der Waals surface area contributed by atoms with Crippen LogP contribution in [0.25, 0.3) is 20.4 Å². The zero-order chi connectivity index (χ0) is 15.8. The largest absolute Gasteiger partial charge is 0.473 e. The normalized spacial score (nSPS) is 11.0. The van der Waals surface area contributed by atoms with Crippen LogP contribution in [0.5, 0.6) is 5.19 Å². The van der Waals surface area contributed by atoms with Crippen molar-refractivity contribution < 1.29 is 9.53 Å². The maximum absolute atomic E-state index is 12.2. The van der Waals surface area contributed by atoms with E-state index in [0.29, 0.717) is 15.9 Å². The monoisotopic (exact) mass is 342 g/mol. The Balaban J connectivity index is 1.72. The Morgan fingerprint density at radius 3 is 2.48 bits per heavy atom. The van der Waals surface area contributed by atoms with E-state index in [2.05, 4.69) is 20.3 Å². The number of hydrogen-bond donors (Lipinski definition) is 1. The van der Waals surface area contributed by atoms with Crippen LogP contribution in [0.15, 0.2) is 36.7 Å². The molecule has 4 rings (SSSR count). The fourth-order valence-electron chi connectivity index (χ4n) is 2.17. The summed E-state index contributed by atoms with van der Waals surface area (Å²) in [5, 5.41) is 4.00. The van der Waals surface area contributed by atoms with Crippen molar-refractivity contribution in [2.45, 2.75) is 0 Å². The molecule has 0 aliphatic heterocycles. The van der Waals surface area contributed by atoms with Gasteiger partial charge in [-0.25, -0.2) is 9.97 Å². The van der Waals surface area contributed by atoms with Crippen molar-refractivity contribution in [3.05, 3.63) is 42.2 Å². The number of fused-ring (bicyclic) bond motifs is 3. The Morgan fingerprint density at radius 2 is 1.74 bits per heavy atom. The van der Waals surface area contributed by atoms with Crippen LogP contribution >= 0.6 is 22.7 Å². The first-order chi connectivity index (χ1) is 11.2. The molecule has 0 aliphatic rings. The number of nitrogens with one attached hydrogen (secondary N) is 1. The third-order valence-electron chi connectivity index (χ3n) is 3.23. The number of amides is 1. The van der Waals surface area contributed by atoms with E-state index in [1.165, 1.54) is 22.7 Å². The molecule has 0 unspecified atom stereocenters. The number of hydrogen-bond acceptors (Lipinski definition) is 7. The lowest BCUT2D eigenvalue weighted by atomic mass is 10.2. The molecule has 1 amide bonds. The molecule has 8 heteroatoms. The number of rotatable bonds is 3. The number of ether oxygens (including phenoxy) is 1. The van der Waals surface area contributed by atoms with Crippen molar-refractivity contribution in [2.24, 2.45) is 0 Å². The highest BCUT2D eigenvalue weighted by molar-refractivity contribution is 7.29. The number of carbonyl (C=O) groups is 1. The van der Waals surface area contributed by atoms with Crippen molar-refractivity contribution in [3.63, 3.8) is 0 Å². The lowest BCUT2D eigenvalue weighted by Crippen LogP contribution is -2.11. The first kappa shape index (κ1) is 14.0. The molecule has 0 saturated heterocycles. The summed E-state index contributed by atoms with van der Waals surface area (Å²) in [7, 11) is 1.60. The van der Waals surface area contributed by atoms with Crippen molar-refractivity contribution in [3.8, 4) is 5.19 Å². The van der Waals surface area contributed by atoms with Crippen molar-refractivity contribution in [1.82, 2.24) is 15.0 Å². The summed E-state index contributed by atoms with van der Waals surface area (Å²) >= 11 is 2.90. The molecule has 1 N–H and O–H groups in total. The Morgan fingerprint density at radius 1 is 1.04 bits per heavy atom. The maximum Gasteiger partial charge on any atom is 0.274 e. The van der Waals surface area contributed by atoms with Gasteiger partial charge in [-0.2, -0.15) is 0 Å². The van der Waals surface area contributed by atoms with E-state index in [0.717, 1.165) is 20.4 Å². The number of thiazole rings is 2. The van der Waals surface area contributed by atoms with Crippen molar-refractivity contribution in [2.75, 3.05) is 12.4 Å². The van der Waals surface area contributed by atoms with E-state index in [1.807, 2.05) is 12.1 Å². The molecular formula is C15H10N4O2S2. The quantitative estimate of drug-likeness (QED) is 0.616. The van der Waals surface area contributed by atoms with Gasteiger partial charge in [0, 0.05) is 18.0 Å². The number of methoxy groups -OCH3 is 1. The minimum Gasteiger partial charge on any atom is -0.473 e. The van der Waals surface area contributed by atoms with Crippen LogP contribution in [0.4, 0.5) is 5.13 Å². The highest BCUT2D eigenvalue weighted by Crippen LogP contribution is 2.38. The number of pyridine rings is 1. The third-order valence-corrected chi connectivity index (χ3v) is 5.41. The minimum atomic E-state index is -0.204. The smallest absolute Gasteiger partial charge is 0.274 e. The summed E-state index contributed by atoms with van der Waals surface area (Å²) in [6, 6.07) is 7.13. The zero-order valence-electron chi connectivity index (χ0n) is 11.9. The van der Waals surface area contributed by atoms with Crippen molar-refractivity contribution in [1.29, 1.82) is 0 Å². The van der Waals surface area contributed by atoms with Gasteiger partial charge in [-0.05, 0) is 24.3 Å². The Labute approximate surface area is 138 Å². The molecular weight excluding hydrogens is 332 g/mol. The Hall–Kier alpha value is -2.58. The van der Waals surface area contributed by atoms with E-state index < -0.39 is 0 Å². The number of nitrogens with zero attached hydrogens (tertiary/aromatic N) is 3. The van der Waals surface area contributed by atoms with Crippen LogP contribution in [0.1, 0.15) is 10.4 Å². The van der Waals surface area contributed by atoms with E-state index >= 15 is 0 Å². The highest BCUT2D eigenvalue weighted by atomic mass is 32.1. The predicted molar refractivity (Wildman–Crippen MR) is 91.5 cm³/mol. The molecule has 0 fully saturated rings. The lowest BCUT2D eigenvalue weighted by Gasteiger charge is -1.99. The molecule has 0 radical (unpaired) electrons. The maximum atomic E-state index is 12.2. The summed E-state index contributed by atoms with van der Waals surface area (Å²) in [4.78, 5) is 25.0. The molecule has 4 aromatic rings. The number of aromatic nitrogens is 3. The number of carbonyl (C=O) groups excluding carboxylic acids is 1. The van der Waals surface area contributed by atoms with Crippen molar-refractivity contribution >= 4 is 54.1 Å². The fourth-order valence-corrected chi connectivity index (χ4v) is 4.13. The van der Waals surface area contributed by atoms with Gasteiger partial charge in [0.1, 0.15) is 0 Å². The van der Waals surface area contributed by atoms with Gasteiger partial charge in [0.2, 0.25) is 0 Å². The third kappa shape index (κ3) is 2.51. The van der Waals surface area contributed by atoms with Crippen LogP contribution < -0.4 is 10.1 Å². The van der Waals surface area contributed by atoms with Gasteiger partial charge in [-0.3, -0.25) is 15.1 Å². The van der Waals surface area contributed by atoms with Crippen LogP contribution in [-0.2, 0) is 0 Å². The summed E-state index contributed by atoms with van der Waals surface area (Å²) in [5.74, 6) is -0.204. The second kappa shape index (κ2) is 5.56. The topological polar surface area (TPSA) is 77.0 Å². The average Bonchev–Trinajstić information content (AvgIpc) is 3.18. The summed E-state index contributed by atoms with van der Waals surface area (Å²) in [5.41, 5.74) is 2.25. The molecule has 0 spiro atoms. The standard InChI is InChI=1S/C15H10N4O2S2/c1-21-15-18-10-3-2-9-11(12(10)23-15)22-14(17-9)19-13(20)8-4-6-16-7-5-8/h2-7H,1H3,(H,17,19,20). The van der Waals surface area contributed by atoms with Gasteiger partial charge < -0.3 is 4.74 Å². The van der Waals surface area contributed by atoms with Gasteiger partial charge in [-0.15, -0.1) is 0 Å². The molecule has 0 saturated carbocycles. The molecule has 3 aromatic heterocycles. The first-order valence-electron chi connectivity index (χ1n) is 6.70. The van der Waals surface area contributed by atoms with Crippen LogP contribution in [0.2, 0.25) is 0 Å². The number of anilines is 1. The van der Waals surface area contributed by atoms with Gasteiger partial charge in [0.25, 0.3) is 11.1 Å². The minimum absolute atomic E-state index is 0.204. The van der Waals surface area contributed by atoms with Crippen LogP contribution in [-0.4, -0.2) is 28.0 Å². The average molecular weight is 342 g/mol. The molecule has 23 heavy (non-hydrogen) atoms. The predicted octanol–water partition coefficient (Wildman–Crippen LogP) is 3.56. The SMILES string of the molecule is COc1nc2ccc3nc(NC(=O)c4ccncc4)sc3c2s1. The zero-order valence-corrected chi connectivity index (χ0v) is 13.6. The molecule has 0 aliphatic carbocycles. The molecule has 0 bridgehead atoms. The second-order valence-corrected chi connectivity index (χ2v) is 6.62. The van der Waals surface area contributed by atoms with E-state index in [-0.39, 0.29) is 5.91 Å². The van der Waals surface area contributed by atoms with Gasteiger partial charge in [0.15, 0.2) is 5.13 Å². The van der Waals surface area contributed by atoms with Gasteiger partial charge >= 0.3 is 0 Å². The molecule has 114 valence electrons. The fraction of sp³-hybridized carbons (Fsp3) is 0.0667. The van der Waals surface area contributed by atoms with Gasteiger partial charge in [-0.1, -0.05) is 22.7 Å².